The number of anilines is 1. The average Bonchev–Trinajstić information content (AvgIpc) is 2.34. The molecule has 0 amide bonds. The van der Waals surface area contributed by atoms with Crippen LogP contribution in [0, 0.1) is 0 Å². The van der Waals surface area contributed by atoms with Crippen LogP contribution in [0.1, 0.15) is 0 Å². The van der Waals surface area contributed by atoms with Crippen molar-refractivity contribution in [1.82, 2.24) is 4.37 Å². The van der Waals surface area contributed by atoms with E-state index < -0.39 is 0 Å². The minimum atomic E-state index is 0.165. The first-order valence-corrected chi connectivity index (χ1v) is 3.46. The largest absolute Gasteiger partial charge is 0.395 e. The highest BCUT2D eigenvalue weighted by Gasteiger charge is 1.88. The molecule has 2 N–H and O–H groups in total. The van der Waals surface area contributed by atoms with Crippen molar-refractivity contribution in [3.63, 3.8) is 0 Å². The molecular weight excluding hydrogens is 136 g/mol. The minimum Gasteiger partial charge on any atom is -0.395 e. The fraction of sp³-hybridized carbons (Fsp3) is 0.400. The lowest BCUT2D eigenvalue weighted by atomic mass is 10.6. The van der Waals surface area contributed by atoms with Crippen LogP contribution in [0.3, 0.4) is 0 Å². The van der Waals surface area contributed by atoms with Gasteiger partial charge in [-0.25, -0.2) is 0 Å². The van der Waals surface area contributed by atoms with Gasteiger partial charge in [0.1, 0.15) is 5.00 Å². The third-order valence-electron chi connectivity index (χ3n) is 0.849. The van der Waals surface area contributed by atoms with Crippen molar-refractivity contribution in [3.05, 3.63) is 12.3 Å². The van der Waals surface area contributed by atoms with Gasteiger partial charge in [-0.05, 0) is 17.6 Å². The van der Waals surface area contributed by atoms with Crippen molar-refractivity contribution in [1.29, 1.82) is 0 Å². The topological polar surface area (TPSA) is 45.1 Å². The van der Waals surface area contributed by atoms with E-state index in [9.17, 15) is 0 Å². The molecule has 0 atom stereocenters. The molecule has 1 rings (SSSR count). The summed E-state index contributed by atoms with van der Waals surface area (Å²) < 4.78 is 3.87. The second-order valence-electron chi connectivity index (χ2n) is 1.53. The summed E-state index contributed by atoms with van der Waals surface area (Å²) in [6, 6.07) is 1.88. The zero-order chi connectivity index (χ0) is 6.53. The number of nitrogens with zero attached hydrogens (tertiary/aromatic N) is 1. The van der Waals surface area contributed by atoms with E-state index >= 15 is 0 Å². The van der Waals surface area contributed by atoms with Crippen molar-refractivity contribution in [3.8, 4) is 0 Å². The van der Waals surface area contributed by atoms with Gasteiger partial charge in [-0.3, -0.25) is 0 Å². The molecule has 0 bridgehead atoms. The van der Waals surface area contributed by atoms with Crippen LogP contribution < -0.4 is 5.32 Å². The van der Waals surface area contributed by atoms with Crippen LogP contribution in [0.5, 0.6) is 0 Å². The Morgan fingerprint density at radius 3 is 3.22 bits per heavy atom. The molecule has 0 fully saturated rings. The van der Waals surface area contributed by atoms with Gasteiger partial charge in [0, 0.05) is 12.7 Å². The fourth-order valence-electron chi connectivity index (χ4n) is 0.486. The molecule has 0 saturated heterocycles. The zero-order valence-electron chi connectivity index (χ0n) is 4.87. The average molecular weight is 144 g/mol. The number of aromatic nitrogens is 1. The molecule has 0 unspecified atom stereocenters. The number of hydrogen-bond acceptors (Lipinski definition) is 4. The maximum absolute atomic E-state index is 8.39. The van der Waals surface area contributed by atoms with Gasteiger partial charge < -0.3 is 10.4 Å². The normalized spacial score (nSPS) is 9.44. The SMILES string of the molecule is OCCNc1ccns1. The standard InChI is InChI=1S/C5H8N2OS/c8-4-3-6-5-1-2-7-9-5/h1-2,6,8H,3-4H2. The highest BCUT2D eigenvalue weighted by molar-refractivity contribution is 7.10. The lowest BCUT2D eigenvalue weighted by Crippen LogP contribution is -2.03. The Bertz CT molecular complexity index is 152. The smallest absolute Gasteiger partial charge is 0.109 e. The molecule has 0 radical (unpaired) electrons. The number of rotatable bonds is 3. The summed E-state index contributed by atoms with van der Waals surface area (Å²) in [5.41, 5.74) is 0. The minimum absolute atomic E-state index is 0.165. The van der Waals surface area contributed by atoms with Crippen LogP contribution in [0.15, 0.2) is 12.3 Å². The van der Waals surface area contributed by atoms with Crippen LogP contribution in [0.25, 0.3) is 0 Å². The predicted molar refractivity (Wildman–Crippen MR) is 37.7 cm³/mol. The summed E-state index contributed by atoms with van der Waals surface area (Å²) in [6.45, 7) is 0.764. The highest BCUT2D eigenvalue weighted by Crippen LogP contribution is 2.09. The van der Waals surface area contributed by atoms with Crippen molar-refractivity contribution >= 4 is 16.5 Å². The fourth-order valence-corrected chi connectivity index (χ4v) is 1.01. The van der Waals surface area contributed by atoms with Crippen molar-refractivity contribution in [2.24, 2.45) is 0 Å². The monoisotopic (exact) mass is 144 g/mol. The van der Waals surface area contributed by atoms with E-state index in [1.54, 1.807) is 6.20 Å². The molecule has 0 aliphatic heterocycles. The molecule has 9 heavy (non-hydrogen) atoms. The molecule has 1 aromatic rings. The predicted octanol–water partition coefficient (Wildman–Crippen LogP) is 0.547. The lowest BCUT2D eigenvalue weighted by Gasteiger charge is -1.95. The van der Waals surface area contributed by atoms with E-state index in [4.69, 9.17) is 5.11 Å². The number of nitrogens with one attached hydrogen (secondary N) is 1. The van der Waals surface area contributed by atoms with Gasteiger partial charge in [-0.1, -0.05) is 0 Å². The van der Waals surface area contributed by atoms with Crippen LogP contribution >= 0.6 is 11.5 Å². The summed E-state index contributed by atoms with van der Waals surface area (Å²) in [6.07, 6.45) is 1.73. The molecule has 1 heterocycles. The summed E-state index contributed by atoms with van der Waals surface area (Å²) in [5.74, 6) is 0. The Kier molecular flexibility index (Phi) is 2.48. The molecule has 0 saturated carbocycles. The Morgan fingerprint density at radius 1 is 1.78 bits per heavy atom. The van der Waals surface area contributed by atoms with Gasteiger partial charge in [0.15, 0.2) is 0 Å². The zero-order valence-corrected chi connectivity index (χ0v) is 5.69. The lowest BCUT2D eigenvalue weighted by molar-refractivity contribution is 0.311. The van der Waals surface area contributed by atoms with Gasteiger partial charge in [0.25, 0.3) is 0 Å². The van der Waals surface area contributed by atoms with Crippen molar-refractivity contribution in [2.45, 2.75) is 0 Å². The molecule has 4 heteroatoms. The molecule has 50 valence electrons. The maximum atomic E-state index is 8.39. The Labute approximate surface area is 57.5 Å². The number of aliphatic hydroxyl groups is 1. The molecule has 0 aromatic carbocycles. The van der Waals surface area contributed by atoms with E-state index in [1.807, 2.05) is 6.07 Å². The first-order chi connectivity index (χ1) is 4.43. The molecule has 0 aliphatic carbocycles. The van der Waals surface area contributed by atoms with Crippen LogP contribution in [0.2, 0.25) is 0 Å². The van der Waals surface area contributed by atoms with E-state index in [-0.39, 0.29) is 6.61 Å². The third-order valence-corrected chi connectivity index (χ3v) is 1.55. The summed E-state index contributed by atoms with van der Waals surface area (Å²) >= 11 is 1.39. The highest BCUT2D eigenvalue weighted by atomic mass is 32.1. The third kappa shape index (κ3) is 1.99. The Hall–Kier alpha value is -0.610. The van der Waals surface area contributed by atoms with Gasteiger partial charge >= 0.3 is 0 Å². The molecule has 0 aliphatic rings. The second kappa shape index (κ2) is 3.42. The first kappa shape index (κ1) is 6.51. The Balaban J connectivity index is 2.30. The number of hydrogen-bond donors (Lipinski definition) is 2. The summed E-state index contributed by atoms with van der Waals surface area (Å²) in [5, 5.41) is 12.4. The van der Waals surface area contributed by atoms with Crippen molar-refractivity contribution < 1.29 is 5.11 Å². The van der Waals surface area contributed by atoms with Crippen molar-refractivity contribution in [2.75, 3.05) is 18.5 Å². The Morgan fingerprint density at radius 2 is 2.67 bits per heavy atom. The van der Waals surface area contributed by atoms with Gasteiger partial charge in [-0.15, -0.1) is 0 Å². The van der Waals surface area contributed by atoms with Gasteiger partial charge in [-0.2, -0.15) is 4.37 Å². The molecule has 3 nitrogen and oxygen atoms in total. The number of aliphatic hydroxyl groups excluding tert-OH is 1. The van der Waals surface area contributed by atoms with Crippen LogP contribution in [-0.4, -0.2) is 22.6 Å². The molecule has 0 spiro atoms. The summed E-state index contributed by atoms with van der Waals surface area (Å²) in [7, 11) is 0. The van der Waals surface area contributed by atoms with Crippen LogP contribution in [-0.2, 0) is 0 Å². The van der Waals surface area contributed by atoms with E-state index in [1.165, 1.54) is 11.5 Å². The van der Waals surface area contributed by atoms with Gasteiger partial charge in [0.2, 0.25) is 0 Å². The van der Waals surface area contributed by atoms with E-state index in [2.05, 4.69) is 9.69 Å². The maximum Gasteiger partial charge on any atom is 0.109 e. The summed E-state index contributed by atoms with van der Waals surface area (Å²) in [4.78, 5) is 0. The second-order valence-corrected chi connectivity index (χ2v) is 2.36. The van der Waals surface area contributed by atoms with Crippen LogP contribution in [0.4, 0.5) is 5.00 Å². The molecule has 1 aromatic heterocycles. The van der Waals surface area contributed by atoms with Gasteiger partial charge in [0.05, 0.1) is 6.61 Å². The van der Waals surface area contributed by atoms with E-state index in [0.717, 1.165) is 5.00 Å². The molecular formula is C5H8N2OS. The first-order valence-electron chi connectivity index (χ1n) is 2.69. The quantitative estimate of drug-likeness (QED) is 0.651. The van der Waals surface area contributed by atoms with E-state index in [0.29, 0.717) is 6.54 Å².